The van der Waals surface area contributed by atoms with Gasteiger partial charge in [-0.15, -0.1) is 0 Å². The molecule has 0 saturated carbocycles. The minimum absolute atomic E-state index is 0.0591. The van der Waals surface area contributed by atoms with Gasteiger partial charge in [0.2, 0.25) is 5.91 Å². The Balaban J connectivity index is 1.53. The second-order valence-corrected chi connectivity index (χ2v) is 7.26. The average Bonchev–Trinajstić information content (AvgIpc) is 3.06. The first-order chi connectivity index (χ1) is 10.1. The van der Waals surface area contributed by atoms with Crippen molar-refractivity contribution in [1.82, 2.24) is 10.2 Å². The molecular weight excluding hydrogens is 284 g/mol. The van der Waals surface area contributed by atoms with Crippen molar-refractivity contribution < 1.29 is 9.53 Å². The van der Waals surface area contributed by atoms with Crippen LogP contribution in [0.15, 0.2) is 16.8 Å². The van der Waals surface area contributed by atoms with Crippen molar-refractivity contribution >= 4 is 17.2 Å². The number of rotatable bonds is 4. The van der Waals surface area contributed by atoms with Gasteiger partial charge in [0, 0.05) is 19.1 Å². The number of carbonyl (C=O) groups is 1. The highest BCUT2D eigenvalue weighted by Gasteiger charge is 2.41. The van der Waals surface area contributed by atoms with Gasteiger partial charge in [-0.25, -0.2) is 0 Å². The molecule has 5 heteroatoms. The summed E-state index contributed by atoms with van der Waals surface area (Å²) in [6, 6.07) is 2.37. The second-order valence-electron chi connectivity index (χ2n) is 6.48. The Morgan fingerprint density at radius 2 is 2.43 bits per heavy atom. The molecule has 1 aromatic heterocycles. The number of thiophene rings is 1. The van der Waals surface area contributed by atoms with Gasteiger partial charge in [0.1, 0.15) is 6.10 Å². The fourth-order valence-electron chi connectivity index (χ4n) is 3.33. The van der Waals surface area contributed by atoms with Crippen molar-refractivity contribution in [3.8, 4) is 0 Å². The van der Waals surface area contributed by atoms with Crippen LogP contribution in [-0.4, -0.2) is 42.1 Å². The van der Waals surface area contributed by atoms with Gasteiger partial charge in [0.15, 0.2) is 0 Å². The van der Waals surface area contributed by atoms with Crippen LogP contribution in [0.4, 0.5) is 0 Å². The van der Waals surface area contributed by atoms with Crippen LogP contribution in [0.25, 0.3) is 0 Å². The van der Waals surface area contributed by atoms with Gasteiger partial charge in [0.05, 0.1) is 6.10 Å². The lowest BCUT2D eigenvalue weighted by atomic mass is 9.91. The Morgan fingerprint density at radius 1 is 1.57 bits per heavy atom. The molecule has 2 fully saturated rings. The summed E-state index contributed by atoms with van der Waals surface area (Å²) in [5.41, 5.74) is 1.38. The largest absolute Gasteiger partial charge is 0.364 e. The maximum Gasteiger partial charge on any atom is 0.249 e. The van der Waals surface area contributed by atoms with Crippen molar-refractivity contribution in [2.45, 2.75) is 51.5 Å². The molecule has 2 aliphatic heterocycles. The van der Waals surface area contributed by atoms with Crippen LogP contribution in [0, 0.1) is 5.92 Å². The number of nitrogens with zero attached hydrogens (tertiary/aromatic N) is 1. The number of carbonyl (C=O) groups excluding carboxylic acids is 1. The number of piperidine rings is 1. The molecule has 3 rings (SSSR count). The summed E-state index contributed by atoms with van der Waals surface area (Å²) in [6.07, 6.45) is 2.00. The number of ether oxygens (including phenoxy) is 1. The summed E-state index contributed by atoms with van der Waals surface area (Å²) in [7, 11) is 0. The molecular formula is C16H24N2O2S. The van der Waals surface area contributed by atoms with Gasteiger partial charge in [0.25, 0.3) is 0 Å². The summed E-state index contributed by atoms with van der Waals surface area (Å²) in [4.78, 5) is 14.5. The third kappa shape index (κ3) is 3.65. The summed E-state index contributed by atoms with van der Waals surface area (Å²) >= 11 is 1.75. The normalized spacial score (nSPS) is 29.6. The minimum Gasteiger partial charge on any atom is -0.364 e. The van der Waals surface area contributed by atoms with Crippen molar-refractivity contribution in [1.29, 1.82) is 0 Å². The van der Waals surface area contributed by atoms with E-state index in [0.29, 0.717) is 5.92 Å². The fraction of sp³-hybridized carbons (Fsp3) is 0.688. The molecule has 3 heterocycles. The van der Waals surface area contributed by atoms with E-state index in [1.54, 1.807) is 11.3 Å². The number of hydrogen-bond acceptors (Lipinski definition) is 4. The van der Waals surface area contributed by atoms with E-state index in [1.807, 2.05) is 13.8 Å². The first-order valence-electron chi connectivity index (χ1n) is 7.81. The smallest absolute Gasteiger partial charge is 0.249 e. The molecule has 0 aliphatic carbocycles. The minimum atomic E-state index is -0.247. The first-order valence-corrected chi connectivity index (χ1v) is 8.75. The number of nitrogens with one attached hydrogen (secondary N) is 1. The van der Waals surface area contributed by atoms with Gasteiger partial charge < -0.3 is 10.1 Å². The van der Waals surface area contributed by atoms with Gasteiger partial charge in [-0.2, -0.15) is 11.3 Å². The summed E-state index contributed by atoms with van der Waals surface area (Å²) in [6.45, 7) is 7.04. The lowest BCUT2D eigenvalue weighted by molar-refractivity contribution is -0.133. The highest BCUT2D eigenvalue weighted by Crippen LogP contribution is 2.33. The lowest BCUT2D eigenvalue weighted by Crippen LogP contribution is -2.42. The number of amides is 1. The molecule has 1 aromatic rings. The molecule has 0 aromatic carbocycles. The lowest BCUT2D eigenvalue weighted by Gasteiger charge is -2.33. The predicted octanol–water partition coefficient (Wildman–Crippen LogP) is 2.25. The molecule has 0 unspecified atom stereocenters. The molecule has 0 spiro atoms. The highest BCUT2D eigenvalue weighted by atomic mass is 32.1. The van der Waals surface area contributed by atoms with Gasteiger partial charge in [-0.3, -0.25) is 9.69 Å². The Kier molecular flexibility index (Phi) is 4.62. The van der Waals surface area contributed by atoms with Crippen LogP contribution in [0.3, 0.4) is 0 Å². The zero-order valence-electron chi connectivity index (χ0n) is 12.7. The molecule has 1 amide bonds. The van der Waals surface area contributed by atoms with Crippen LogP contribution in [-0.2, 0) is 16.1 Å². The zero-order valence-corrected chi connectivity index (χ0v) is 13.6. The van der Waals surface area contributed by atoms with Gasteiger partial charge in [-0.1, -0.05) is 0 Å². The molecule has 1 N–H and O–H groups in total. The maximum absolute atomic E-state index is 12.1. The predicted molar refractivity (Wildman–Crippen MR) is 84.3 cm³/mol. The quantitative estimate of drug-likeness (QED) is 0.927. The van der Waals surface area contributed by atoms with Gasteiger partial charge >= 0.3 is 0 Å². The number of fused-ring (bicyclic) bond motifs is 1. The SMILES string of the molecule is CC(C)NC(=O)[C@@H]1C[C@@H]2CCN(Cc3ccsc3)C[C@@H]2O1. The Hall–Kier alpha value is -0.910. The Morgan fingerprint density at radius 3 is 3.14 bits per heavy atom. The number of likely N-dealkylation sites (tertiary alicyclic amines) is 1. The monoisotopic (exact) mass is 308 g/mol. The molecule has 21 heavy (non-hydrogen) atoms. The maximum atomic E-state index is 12.1. The van der Waals surface area contributed by atoms with E-state index >= 15 is 0 Å². The molecule has 0 bridgehead atoms. The topological polar surface area (TPSA) is 41.6 Å². The third-order valence-corrected chi connectivity index (χ3v) is 5.08. The van der Waals surface area contributed by atoms with Crippen LogP contribution in [0.2, 0.25) is 0 Å². The van der Waals surface area contributed by atoms with E-state index in [0.717, 1.165) is 32.5 Å². The third-order valence-electron chi connectivity index (χ3n) is 4.35. The van der Waals surface area contributed by atoms with E-state index in [2.05, 4.69) is 27.0 Å². The van der Waals surface area contributed by atoms with Crippen LogP contribution in [0.5, 0.6) is 0 Å². The summed E-state index contributed by atoms with van der Waals surface area (Å²) in [5, 5.41) is 7.30. The molecule has 116 valence electrons. The van der Waals surface area contributed by atoms with Crippen LogP contribution in [0.1, 0.15) is 32.3 Å². The molecule has 4 nitrogen and oxygen atoms in total. The standard InChI is InChI=1S/C16H24N2O2S/c1-11(2)17-16(19)14-7-13-3-5-18(9-15(13)20-14)8-12-4-6-21-10-12/h4,6,10-11,13-15H,3,5,7-9H2,1-2H3,(H,17,19)/t13-,14-,15-/m0/s1. The van der Waals surface area contributed by atoms with E-state index in [1.165, 1.54) is 5.56 Å². The first kappa shape index (κ1) is 15.0. The van der Waals surface area contributed by atoms with E-state index in [-0.39, 0.29) is 24.2 Å². The number of hydrogen-bond donors (Lipinski definition) is 1. The highest BCUT2D eigenvalue weighted by molar-refractivity contribution is 7.07. The molecule has 2 saturated heterocycles. The Bertz CT molecular complexity index is 475. The van der Waals surface area contributed by atoms with Crippen LogP contribution < -0.4 is 5.32 Å². The summed E-state index contributed by atoms with van der Waals surface area (Å²) < 4.78 is 6.03. The molecule has 3 atom stereocenters. The van der Waals surface area contributed by atoms with E-state index < -0.39 is 0 Å². The van der Waals surface area contributed by atoms with Crippen molar-refractivity contribution in [2.24, 2.45) is 5.92 Å². The van der Waals surface area contributed by atoms with E-state index in [4.69, 9.17) is 4.74 Å². The van der Waals surface area contributed by atoms with E-state index in [9.17, 15) is 4.79 Å². The average molecular weight is 308 g/mol. The zero-order chi connectivity index (χ0) is 14.8. The fourth-order valence-corrected chi connectivity index (χ4v) is 3.98. The van der Waals surface area contributed by atoms with Crippen molar-refractivity contribution in [3.63, 3.8) is 0 Å². The molecule has 0 radical (unpaired) electrons. The molecule has 2 aliphatic rings. The Labute approximate surface area is 130 Å². The van der Waals surface area contributed by atoms with Crippen molar-refractivity contribution in [2.75, 3.05) is 13.1 Å². The summed E-state index contributed by atoms with van der Waals surface area (Å²) in [5.74, 6) is 0.607. The second kappa shape index (κ2) is 6.46. The van der Waals surface area contributed by atoms with Gasteiger partial charge in [-0.05, 0) is 61.5 Å². The van der Waals surface area contributed by atoms with Crippen LogP contribution >= 0.6 is 11.3 Å². The van der Waals surface area contributed by atoms with Crippen molar-refractivity contribution in [3.05, 3.63) is 22.4 Å².